The van der Waals surface area contributed by atoms with Gasteiger partial charge in [0.15, 0.2) is 5.96 Å². The molecular formula is C20H23N5O. The van der Waals surface area contributed by atoms with Crippen molar-refractivity contribution in [1.82, 2.24) is 20.6 Å². The molecular weight excluding hydrogens is 326 g/mol. The van der Waals surface area contributed by atoms with E-state index < -0.39 is 0 Å². The van der Waals surface area contributed by atoms with Crippen molar-refractivity contribution in [2.24, 2.45) is 4.99 Å². The Kier molecular flexibility index (Phi) is 4.73. The number of nitrogens with one attached hydrogen (secondary N) is 3. The van der Waals surface area contributed by atoms with Gasteiger partial charge in [0.25, 0.3) is 0 Å². The van der Waals surface area contributed by atoms with Crippen LogP contribution in [0.4, 0.5) is 0 Å². The predicted octanol–water partition coefficient (Wildman–Crippen LogP) is 2.27. The minimum Gasteiger partial charge on any atom is -0.488 e. The lowest BCUT2D eigenvalue weighted by molar-refractivity contribution is 0.235. The quantitative estimate of drug-likeness (QED) is 0.488. The first-order chi connectivity index (χ1) is 12.8. The third kappa shape index (κ3) is 3.64. The lowest BCUT2D eigenvalue weighted by atomic mass is 10.1. The first-order valence-electron chi connectivity index (χ1n) is 8.94. The number of guanidine groups is 1. The van der Waals surface area contributed by atoms with Gasteiger partial charge in [-0.3, -0.25) is 4.99 Å². The van der Waals surface area contributed by atoms with Crippen molar-refractivity contribution >= 4 is 17.0 Å². The van der Waals surface area contributed by atoms with Crippen LogP contribution in [0.5, 0.6) is 5.75 Å². The summed E-state index contributed by atoms with van der Waals surface area (Å²) >= 11 is 0. The molecule has 2 heterocycles. The fraction of sp³-hybridized carbons (Fsp3) is 0.300. The van der Waals surface area contributed by atoms with E-state index in [1.165, 1.54) is 5.56 Å². The largest absolute Gasteiger partial charge is 0.488 e. The summed E-state index contributed by atoms with van der Waals surface area (Å²) in [6.07, 6.45) is 1.88. The number of para-hydroxylation sites is 3. The maximum atomic E-state index is 5.95. The average molecular weight is 349 g/mol. The molecule has 0 saturated heterocycles. The van der Waals surface area contributed by atoms with Crippen LogP contribution in [0, 0.1) is 0 Å². The molecule has 4 rings (SSSR count). The van der Waals surface area contributed by atoms with E-state index in [9.17, 15) is 0 Å². The van der Waals surface area contributed by atoms with Crippen molar-refractivity contribution in [2.45, 2.75) is 18.9 Å². The molecule has 6 nitrogen and oxygen atoms in total. The summed E-state index contributed by atoms with van der Waals surface area (Å²) in [4.78, 5) is 12.2. The van der Waals surface area contributed by atoms with Crippen molar-refractivity contribution in [3.63, 3.8) is 0 Å². The smallest absolute Gasteiger partial charge is 0.191 e. The standard InChI is InChI=1S/C20H23N5O/c1-21-20(23-13-15-12-14-6-2-5-9-18(14)26-15)22-11-10-19-24-16-7-3-4-8-17(16)25-19/h2-9,15H,10-13H2,1H3,(H,24,25)(H2,21,22,23). The molecule has 1 aromatic heterocycles. The van der Waals surface area contributed by atoms with Gasteiger partial charge in [0, 0.05) is 26.4 Å². The van der Waals surface area contributed by atoms with E-state index in [-0.39, 0.29) is 6.10 Å². The number of hydrogen-bond acceptors (Lipinski definition) is 3. The second kappa shape index (κ2) is 7.47. The van der Waals surface area contributed by atoms with E-state index in [2.05, 4.69) is 37.7 Å². The lowest BCUT2D eigenvalue weighted by Gasteiger charge is -2.15. The predicted molar refractivity (Wildman–Crippen MR) is 104 cm³/mol. The van der Waals surface area contributed by atoms with Crippen molar-refractivity contribution in [3.8, 4) is 5.75 Å². The molecule has 3 aromatic rings. The Hall–Kier alpha value is -3.02. The van der Waals surface area contributed by atoms with Gasteiger partial charge >= 0.3 is 0 Å². The van der Waals surface area contributed by atoms with Gasteiger partial charge in [-0.2, -0.15) is 0 Å². The Morgan fingerprint density at radius 1 is 1.19 bits per heavy atom. The number of fused-ring (bicyclic) bond motifs is 2. The summed E-state index contributed by atoms with van der Waals surface area (Å²) in [5, 5.41) is 6.67. The number of benzene rings is 2. The lowest BCUT2D eigenvalue weighted by Crippen LogP contribution is -2.42. The molecule has 0 aliphatic carbocycles. The van der Waals surface area contributed by atoms with Gasteiger partial charge in [0.05, 0.1) is 17.6 Å². The van der Waals surface area contributed by atoms with Crippen molar-refractivity contribution in [2.75, 3.05) is 20.1 Å². The van der Waals surface area contributed by atoms with Crippen LogP contribution >= 0.6 is 0 Å². The van der Waals surface area contributed by atoms with Crippen LogP contribution in [-0.4, -0.2) is 42.2 Å². The monoisotopic (exact) mass is 349 g/mol. The van der Waals surface area contributed by atoms with Crippen molar-refractivity contribution in [3.05, 3.63) is 59.9 Å². The molecule has 1 unspecified atom stereocenters. The third-order valence-electron chi connectivity index (χ3n) is 4.53. The van der Waals surface area contributed by atoms with Gasteiger partial charge in [0.1, 0.15) is 17.7 Å². The highest BCUT2D eigenvalue weighted by Crippen LogP contribution is 2.27. The maximum Gasteiger partial charge on any atom is 0.191 e. The normalized spacial score (nSPS) is 16.3. The van der Waals surface area contributed by atoms with Crippen molar-refractivity contribution < 1.29 is 4.74 Å². The second-order valence-corrected chi connectivity index (χ2v) is 6.38. The molecule has 2 aromatic carbocycles. The zero-order chi connectivity index (χ0) is 17.8. The highest BCUT2D eigenvalue weighted by atomic mass is 16.5. The average Bonchev–Trinajstić information content (AvgIpc) is 3.27. The minimum absolute atomic E-state index is 0.140. The molecule has 0 saturated carbocycles. The van der Waals surface area contributed by atoms with Gasteiger partial charge in [0.2, 0.25) is 0 Å². The number of aliphatic imine (C=N–C) groups is 1. The molecule has 6 heteroatoms. The number of aromatic amines is 1. The number of aromatic nitrogens is 2. The van der Waals surface area contributed by atoms with Crippen LogP contribution in [0.2, 0.25) is 0 Å². The zero-order valence-corrected chi connectivity index (χ0v) is 14.8. The summed E-state index contributed by atoms with van der Waals surface area (Å²) < 4.78 is 5.95. The van der Waals surface area contributed by atoms with E-state index in [0.29, 0.717) is 0 Å². The number of H-pyrrole nitrogens is 1. The highest BCUT2D eigenvalue weighted by molar-refractivity contribution is 5.79. The zero-order valence-electron chi connectivity index (χ0n) is 14.8. The van der Waals surface area contributed by atoms with Crippen LogP contribution < -0.4 is 15.4 Å². The van der Waals surface area contributed by atoms with E-state index in [4.69, 9.17) is 4.74 Å². The molecule has 1 atom stereocenters. The number of nitrogens with zero attached hydrogens (tertiary/aromatic N) is 2. The Morgan fingerprint density at radius 3 is 2.88 bits per heavy atom. The van der Waals surface area contributed by atoms with Gasteiger partial charge in [-0.15, -0.1) is 0 Å². The first-order valence-corrected chi connectivity index (χ1v) is 8.94. The van der Waals surface area contributed by atoms with Crippen molar-refractivity contribution in [1.29, 1.82) is 0 Å². The summed E-state index contributed by atoms with van der Waals surface area (Å²) in [7, 11) is 1.78. The van der Waals surface area contributed by atoms with Crippen LogP contribution in [0.25, 0.3) is 11.0 Å². The fourth-order valence-corrected chi connectivity index (χ4v) is 3.22. The molecule has 1 aliphatic heterocycles. The summed E-state index contributed by atoms with van der Waals surface area (Å²) in [5.74, 6) is 2.75. The summed E-state index contributed by atoms with van der Waals surface area (Å²) in [6, 6.07) is 16.3. The van der Waals surface area contributed by atoms with E-state index in [0.717, 1.165) is 54.5 Å². The van der Waals surface area contributed by atoms with E-state index >= 15 is 0 Å². The maximum absolute atomic E-state index is 5.95. The van der Waals surface area contributed by atoms with Crippen LogP contribution in [0.15, 0.2) is 53.5 Å². The molecule has 26 heavy (non-hydrogen) atoms. The topological polar surface area (TPSA) is 74.3 Å². The Labute approximate surface area is 152 Å². The number of hydrogen-bond donors (Lipinski definition) is 3. The highest BCUT2D eigenvalue weighted by Gasteiger charge is 2.22. The molecule has 0 bridgehead atoms. The van der Waals surface area contributed by atoms with Gasteiger partial charge in [-0.1, -0.05) is 30.3 Å². The molecule has 0 radical (unpaired) electrons. The number of ether oxygens (including phenoxy) is 1. The minimum atomic E-state index is 0.140. The summed E-state index contributed by atoms with van der Waals surface area (Å²) in [5.41, 5.74) is 3.35. The van der Waals surface area contributed by atoms with Crippen LogP contribution in [0.1, 0.15) is 11.4 Å². The Bertz CT molecular complexity index is 859. The number of rotatable bonds is 5. The Morgan fingerprint density at radius 2 is 2.04 bits per heavy atom. The van der Waals surface area contributed by atoms with E-state index in [1.807, 2.05) is 36.4 Å². The molecule has 3 N–H and O–H groups in total. The van der Waals surface area contributed by atoms with Crippen LogP contribution in [0.3, 0.4) is 0 Å². The molecule has 0 amide bonds. The number of imidazole rings is 1. The van der Waals surface area contributed by atoms with Crippen LogP contribution in [-0.2, 0) is 12.8 Å². The second-order valence-electron chi connectivity index (χ2n) is 6.38. The molecule has 0 fully saturated rings. The van der Waals surface area contributed by atoms with Gasteiger partial charge in [-0.05, 0) is 23.8 Å². The summed E-state index contributed by atoms with van der Waals surface area (Å²) in [6.45, 7) is 1.48. The molecule has 134 valence electrons. The van der Waals surface area contributed by atoms with E-state index in [1.54, 1.807) is 7.05 Å². The van der Waals surface area contributed by atoms with Gasteiger partial charge in [-0.25, -0.2) is 4.98 Å². The fourth-order valence-electron chi connectivity index (χ4n) is 3.22. The SMILES string of the molecule is CN=C(NCCc1nc2ccccc2[nH]1)NCC1Cc2ccccc2O1. The first kappa shape index (κ1) is 16.4. The molecule has 0 spiro atoms. The third-order valence-corrected chi connectivity index (χ3v) is 4.53. The van der Waals surface area contributed by atoms with Gasteiger partial charge < -0.3 is 20.4 Å². The molecule has 1 aliphatic rings. The Balaban J connectivity index is 1.24.